The van der Waals surface area contributed by atoms with Crippen LogP contribution in [0.1, 0.15) is 65.1 Å². The third-order valence-electron chi connectivity index (χ3n) is 7.23. The Balaban J connectivity index is 1.15. The highest BCUT2D eigenvalue weighted by Crippen LogP contribution is 2.33. The zero-order valence-electron chi connectivity index (χ0n) is 21.2. The van der Waals surface area contributed by atoms with Crippen molar-refractivity contribution in [1.82, 2.24) is 4.98 Å². The van der Waals surface area contributed by atoms with Crippen molar-refractivity contribution in [3.05, 3.63) is 100 Å². The molecule has 3 aromatic carbocycles. The van der Waals surface area contributed by atoms with E-state index < -0.39 is 5.97 Å². The zero-order chi connectivity index (χ0) is 25.6. The molecule has 1 heterocycles. The van der Waals surface area contributed by atoms with E-state index in [2.05, 4.69) is 71.2 Å². The van der Waals surface area contributed by atoms with Crippen molar-refractivity contribution in [3.63, 3.8) is 0 Å². The summed E-state index contributed by atoms with van der Waals surface area (Å²) in [6.45, 7) is 1.47. The monoisotopic (exact) mass is 511 g/mol. The molecule has 4 aromatic rings. The van der Waals surface area contributed by atoms with Gasteiger partial charge in [-0.1, -0.05) is 67.8 Å². The minimum atomic E-state index is -0.912. The van der Waals surface area contributed by atoms with Crippen LogP contribution in [0.15, 0.2) is 78.2 Å². The van der Waals surface area contributed by atoms with Gasteiger partial charge >= 0.3 is 5.97 Å². The van der Waals surface area contributed by atoms with Gasteiger partial charge in [-0.25, -0.2) is 9.78 Å². The van der Waals surface area contributed by atoms with Crippen molar-refractivity contribution >= 4 is 28.1 Å². The maximum absolute atomic E-state index is 11.0. The van der Waals surface area contributed by atoms with E-state index in [0.717, 1.165) is 34.4 Å². The molecule has 190 valence electrons. The van der Waals surface area contributed by atoms with Gasteiger partial charge in [0, 0.05) is 36.8 Å². The second-order valence-electron chi connectivity index (χ2n) is 9.87. The summed E-state index contributed by atoms with van der Waals surface area (Å²) in [7, 11) is 2.14. The molecule has 0 amide bonds. The molecule has 1 aliphatic rings. The van der Waals surface area contributed by atoms with E-state index in [9.17, 15) is 4.79 Å². The fourth-order valence-corrected chi connectivity index (χ4v) is 5.73. The largest absolute Gasteiger partial charge is 0.478 e. The minimum Gasteiger partial charge on any atom is -0.478 e. The van der Waals surface area contributed by atoms with Crippen LogP contribution in [0.2, 0.25) is 0 Å². The maximum atomic E-state index is 11.0. The SMILES string of the molecule is CN(Cc1ccc(C2CCCCC2)cc1)c1ccc(-c2csc(NCc3ccc(C(=O)O)cc3)n2)cc1. The Labute approximate surface area is 222 Å². The van der Waals surface area contributed by atoms with Crippen molar-refractivity contribution in [2.24, 2.45) is 0 Å². The number of nitrogens with zero attached hydrogens (tertiary/aromatic N) is 2. The lowest BCUT2D eigenvalue weighted by atomic mass is 9.84. The van der Waals surface area contributed by atoms with E-state index in [1.54, 1.807) is 23.5 Å². The summed E-state index contributed by atoms with van der Waals surface area (Å²) in [4.78, 5) is 18.0. The molecule has 0 bridgehead atoms. The van der Waals surface area contributed by atoms with Gasteiger partial charge in [-0.15, -0.1) is 11.3 Å². The molecule has 0 unspecified atom stereocenters. The molecule has 1 saturated carbocycles. The Morgan fingerprint density at radius 2 is 1.62 bits per heavy atom. The van der Waals surface area contributed by atoms with Crippen LogP contribution in [-0.4, -0.2) is 23.1 Å². The van der Waals surface area contributed by atoms with Crippen LogP contribution in [0.4, 0.5) is 10.8 Å². The number of carboxylic acids is 1. The Kier molecular flexibility index (Phi) is 7.85. The van der Waals surface area contributed by atoms with Gasteiger partial charge in [0.15, 0.2) is 5.13 Å². The summed E-state index contributed by atoms with van der Waals surface area (Å²) in [5.41, 5.74) is 7.35. The fourth-order valence-electron chi connectivity index (χ4n) is 5.01. The molecule has 6 heteroatoms. The van der Waals surface area contributed by atoms with Crippen LogP contribution in [0.3, 0.4) is 0 Å². The lowest BCUT2D eigenvalue weighted by molar-refractivity contribution is 0.0697. The van der Waals surface area contributed by atoms with Crippen molar-refractivity contribution in [2.75, 3.05) is 17.3 Å². The van der Waals surface area contributed by atoms with Crippen molar-refractivity contribution in [1.29, 1.82) is 0 Å². The molecule has 0 aliphatic heterocycles. The van der Waals surface area contributed by atoms with Gasteiger partial charge in [-0.2, -0.15) is 0 Å². The van der Waals surface area contributed by atoms with E-state index in [1.807, 2.05) is 12.1 Å². The van der Waals surface area contributed by atoms with E-state index >= 15 is 0 Å². The highest BCUT2D eigenvalue weighted by Gasteiger charge is 2.15. The average molecular weight is 512 g/mol. The first-order valence-electron chi connectivity index (χ1n) is 13.0. The normalized spacial score (nSPS) is 13.9. The Hall–Kier alpha value is -3.64. The third-order valence-corrected chi connectivity index (χ3v) is 8.03. The number of aromatic carboxylic acids is 1. The van der Waals surface area contributed by atoms with Crippen LogP contribution in [0.5, 0.6) is 0 Å². The predicted molar refractivity (Wildman–Crippen MR) is 153 cm³/mol. The Morgan fingerprint density at radius 3 is 2.30 bits per heavy atom. The van der Waals surface area contributed by atoms with Gasteiger partial charge in [0.2, 0.25) is 0 Å². The molecule has 5 rings (SSSR count). The van der Waals surface area contributed by atoms with Crippen LogP contribution in [0.25, 0.3) is 11.3 Å². The predicted octanol–water partition coefficient (Wildman–Crippen LogP) is 7.80. The molecule has 0 atom stereocenters. The summed E-state index contributed by atoms with van der Waals surface area (Å²) in [6, 6.07) is 24.7. The lowest BCUT2D eigenvalue weighted by Crippen LogP contribution is -2.16. The molecule has 1 aromatic heterocycles. The summed E-state index contributed by atoms with van der Waals surface area (Å²) in [5, 5.41) is 15.3. The second kappa shape index (κ2) is 11.6. The quantitative estimate of drug-likeness (QED) is 0.240. The van der Waals surface area contributed by atoms with Crippen LogP contribution in [-0.2, 0) is 13.1 Å². The van der Waals surface area contributed by atoms with Crippen molar-refractivity contribution < 1.29 is 9.90 Å². The number of rotatable bonds is 9. The minimum absolute atomic E-state index is 0.293. The molecule has 0 saturated heterocycles. The van der Waals surface area contributed by atoms with E-state index in [0.29, 0.717) is 12.1 Å². The highest BCUT2D eigenvalue weighted by molar-refractivity contribution is 7.14. The number of hydrogen-bond acceptors (Lipinski definition) is 5. The molecule has 1 fully saturated rings. The number of aromatic nitrogens is 1. The third kappa shape index (κ3) is 6.38. The summed E-state index contributed by atoms with van der Waals surface area (Å²) < 4.78 is 0. The van der Waals surface area contributed by atoms with Gasteiger partial charge in [0.25, 0.3) is 0 Å². The summed E-state index contributed by atoms with van der Waals surface area (Å²) in [5.74, 6) is -0.162. The molecule has 2 N–H and O–H groups in total. The fraction of sp³-hybridized carbons (Fsp3) is 0.290. The van der Waals surface area contributed by atoms with Gasteiger partial charge < -0.3 is 15.3 Å². The summed E-state index contributed by atoms with van der Waals surface area (Å²) in [6.07, 6.45) is 6.81. The number of carboxylic acid groups (broad SMARTS) is 1. The van der Waals surface area contributed by atoms with E-state index in [-0.39, 0.29) is 0 Å². The van der Waals surface area contributed by atoms with Gasteiger partial charge in [0.05, 0.1) is 11.3 Å². The second-order valence-corrected chi connectivity index (χ2v) is 10.7. The summed E-state index contributed by atoms with van der Waals surface area (Å²) >= 11 is 1.57. The highest BCUT2D eigenvalue weighted by atomic mass is 32.1. The first-order chi connectivity index (χ1) is 18.0. The van der Waals surface area contributed by atoms with E-state index in [1.165, 1.54) is 48.9 Å². The molecular weight excluding hydrogens is 478 g/mol. The number of hydrogen-bond donors (Lipinski definition) is 2. The molecule has 5 nitrogen and oxygen atoms in total. The van der Waals surface area contributed by atoms with Gasteiger partial charge in [-0.05, 0) is 59.7 Å². The van der Waals surface area contributed by atoms with Crippen LogP contribution in [0, 0.1) is 0 Å². The molecule has 37 heavy (non-hydrogen) atoms. The first kappa shape index (κ1) is 25.0. The zero-order valence-corrected chi connectivity index (χ0v) is 22.0. The Bertz CT molecular complexity index is 1310. The standard InChI is InChI=1S/C31H33N3O2S/c1-34(20-23-9-11-25(12-10-23)24-5-3-2-4-6-24)28-17-15-26(16-18-28)29-21-37-31(33-29)32-19-22-7-13-27(14-8-22)30(35)36/h7-18,21,24H,2-6,19-20H2,1H3,(H,32,33)(H,35,36). The number of nitrogens with one attached hydrogen (secondary N) is 1. The van der Waals surface area contributed by atoms with Crippen molar-refractivity contribution in [3.8, 4) is 11.3 Å². The molecule has 0 radical (unpaired) electrons. The number of anilines is 2. The topological polar surface area (TPSA) is 65.5 Å². The molecule has 0 spiro atoms. The van der Waals surface area contributed by atoms with Gasteiger partial charge in [-0.3, -0.25) is 0 Å². The smallest absolute Gasteiger partial charge is 0.335 e. The number of benzene rings is 3. The van der Waals surface area contributed by atoms with Crippen molar-refractivity contribution in [2.45, 2.75) is 51.1 Å². The number of thiazole rings is 1. The Morgan fingerprint density at radius 1 is 0.946 bits per heavy atom. The first-order valence-corrected chi connectivity index (χ1v) is 13.9. The lowest BCUT2D eigenvalue weighted by Gasteiger charge is -2.23. The molecule has 1 aliphatic carbocycles. The van der Waals surface area contributed by atoms with Crippen LogP contribution < -0.4 is 10.2 Å². The van der Waals surface area contributed by atoms with E-state index in [4.69, 9.17) is 10.1 Å². The molecular formula is C31H33N3O2S. The number of carbonyl (C=O) groups is 1. The van der Waals surface area contributed by atoms with Crippen LogP contribution >= 0.6 is 11.3 Å². The average Bonchev–Trinajstić information content (AvgIpc) is 3.42. The van der Waals surface area contributed by atoms with Gasteiger partial charge in [0.1, 0.15) is 0 Å². The maximum Gasteiger partial charge on any atom is 0.335 e.